The molecule has 21 heavy (non-hydrogen) atoms. The third-order valence-electron chi connectivity index (χ3n) is 3.85. The molecule has 1 aliphatic heterocycles. The summed E-state index contributed by atoms with van der Waals surface area (Å²) in [7, 11) is 1.89. The maximum Gasteiger partial charge on any atom is 0.180 e. The fourth-order valence-electron chi connectivity index (χ4n) is 2.80. The number of fused-ring (bicyclic) bond motifs is 1. The van der Waals surface area contributed by atoms with Crippen molar-refractivity contribution in [3.05, 3.63) is 18.6 Å². The summed E-state index contributed by atoms with van der Waals surface area (Å²) < 4.78 is 7.94. The summed E-state index contributed by atoms with van der Waals surface area (Å²) in [4.78, 5) is 11.5. The maximum absolute atomic E-state index is 5.92. The van der Waals surface area contributed by atoms with E-state index in [2.05, 4.69) is 22.1 Å². The van der Waals surface area contributed by atoms with Gasteiger partial charge in [0, 0.05) is 39.1 Å². The Morgan fingerprint density at radius 2 is 2.38 bits per heavy atom. The van der Waals surface area contributed by atoms with Gasteiger partial charge < -0.3 is 19.4 Å². The molecule has 6 nitrogen and oxygen atoms in total. The lowest BCUT2D eigenvalue weighted by molar-refractivity contribution is 0.0439. The van der Waals surface area contributed by atoms with Gasteiger partial charge in [-0.1, -0.05) is 6.92 Å². The molecule has 3 rings (SSSR count). The van der Waals surface area contributed by atoms with Crippen LogP contribution >= 0.6 is 0 Å². The average molecular weight is 289 g/mol. The molecule has 1 unspecified atom stereocenters. The Balaban J connectivity index is 1.86. The Hall–Kier alpha value is -1.82. The van der Waals surface area contributed by atoms with Gasteiger partial charge in [0.2, 0.25) is 0 Å². The SMILES string of the molecule is CCCOC1CCCN(c2nc(NC)cn3ccnc23)C1. The number of hydrogen-bond donors (Lipinski definition) is 1. The number of anilines is 2. The first kappa shape index (κ1) is 14.1. The van der Waals surface area contributed by atoms with Crippen LogP contribution in [0.5, 0.6) is 0 Å². The lowest BCUT2D eigenvalue weighted by Crippen LogP contribution is -2.40. The Labute approximate surface area is 125 Å². The van der Waals surface area contributed by atoms with Gasteiger partial charge in [-0.25, -0.2) is 9.97 Å². The number of rotatable bonds is 5. The van der Waals surface area contributed by atoms with Crippen molar-refractivity contribution in [1.82, 2.24) is 14.4 Å². The van der Waals surface area contributed by atoms with Gasteiger partial charge in [-0.05, 0) is 19.3 Å². The van der Waals surface area contributed by atoms with E-state index in [0.29, 0.717) is 6.10 Å². The molecule has 6 heteroatoms. The highest BCUT2D eigenvalue weighted by Crippen LogP contribution is 2.25. The number of nitrogens with one attached hydrogen (secondary N) is 1. The Bertz CT molecular complexity index is 597. The van der Waals surface area contributed by atoms with E-state index in [9.17, 15) is 0 Å². The van der Waals surface area contributed by atoms with Crippen LogP contribution < -0.4 is 10.2 Å². The van der Waals surface area contributed by atoms with Gasteiger partial charge in [0.25, 0.3) is 0 Å². The molecule has 3 heterocycles. The van der Waals surface area contributed by atoms with Gasteiger partial charge in [0.15, 0.2) is 11.5 Å². The lowest BCUT2D eigenvalue weighted by Gasteiger charge is -2.33. The summed E-state index contributed by atoms with van der Waals surface area (Å²) >= 11 is 0. The van der Waals surface area contributed by atoms with Crippen LogP contribution in [0.2, 0.25) is 0 Å². The van der Waals surface area contributed by atoms with Crippen LogP contribution in [0.3, 0.4) is 0 Å². The minimum atomic E-state index is 0.300. The number of ether oxygens (including phenoxy) is 1. The fraction of sp³-hybridized carbons (Fsp3) is 0.600. The van der Waals surface area contributed by atoms with Gasteiger partial charge in [-0.15, -0.1) is 0 Å². The number of aromatic nitrogens is 3. The summed E-state index contributed by atoms with van der Waals surface area (Å²) in [6.45, 7) is 4.88. The topological polar surface area (TPSA) is 54.7 Å². The third-order valence-corrected chi connectivity index (χ3v) is 3.85. The monoisotopic (exact) mass is 289 g/mol. The van der Waals surface area contributed by atoms with Crippen LogP contribution in [0.4, 0.5) is 11.6 Å². The Kier molecular flexibility index (Phi) is 4.24. The van der Waals surface area contributed by atoms with Crippen molar-refractivity contribution in [3.8, 4) is 0 Å². The maximum atomic E-state index is 5.92. The normalized spacial score (nSPS) is 19.1. The summed E-state index contributed by atoms with van der Waals surface area (Å²) in [6, 6.07) is 0. The highest BCUT2D eigenvalue weighted by Gasteiger charge is 2.23. The van der Waals surface area contributed by atoms with Crippen molar-refractivity contribution in [2.24, 2.45) is 0 Å². The van der Waals surface area contributed by atoms with Crippen LogP contribution in [0.25, 0.3) is 5.65 Å². The largest absolute Gasteiger partial charge is 0.376 e. The summed E-state index contributed by atoms with van der Waals surface area (Å²) in [6.07, 6.45) is 9.36. The molecule has 0 aromatic carbocycles. The highest BCUT2D eigenvalue weighted by molar-refractivity contribution is 5.67. The first-order valence-electron chi connectivity index (χ1n) is 7.70. The molecule has 2 aromatic rings. The van der Waals surface area contributed by atoms with E-state index in [-0.39, 0.29) is 0 Å². The molecule has 0 saturated carbocycles. The smallest absolute Gasteiger partial charge is 0.180 e. The number of imidazole rings is 1. The molecular formula is C15H23N5O. The third kappa shape index (κ3) is 2.95. The van der Waals surface area contributed by atoms with E-state index in [0.717, 1.165) is 56.2 Å². The zero-order valence-electron chi connectivity index (χ0n) is 12.7. The summed E-state index contributed by atoms with van der Waals surface area (Å²) in [5.41, 5.74) is 0.908. The van der Waals surface area contributed by atoms with Crippen molar-refractivity contribution in [1.29, 1.82) is 0 Å². The predicted octanol–water partition coefficient (Wildman–Crippen LogP) is 2.17. The molecule has 114 valence electrons. The van der Waals surface area contributed by atoms with Crippen LogP contribution in [-0.4, -0.2) is 47.2 Å². The molecular weight excluding hydrogens is 266 g/mol. The van der Waals surface area contributed by atoms with Gasteiger partial charge in [0.1, 0.15) is 5.82 Å². The number of nitrogens with zero attached hydrogens (tertiary/aromatic N) is 4. The second-order valence-corrected chi connectivity index (χ2v) is 5.44. The second kappa shape index (κ2) is 6.30. The molecule has 1 aliphatic rings. The van der Waals surface area contributed by atoms with Crippen LogP contribution in [0, 0.1) is 0 Å². The van der Waals surface area contributed by atoms with Gasteiger partial charge in [-0.2, -0.15) is 0 Å². The molecule has 2 aromatic heterocycles. The molecule has 1 atom stereocenters. The van der Waals surface area contributed by atoms with Crippen molar-refractivity contribution in [2.45, 2.75) is 32.3 Å². The van der Waals surface area contributed by atoms with Crippen molar-refractivity contribution in [2.75, 3.05) is 37.0 Å². The van der Waals surface area contributed by atoms with E-state index < -0.39 is 0 Å². The quantitative estimate of drug-likeness (QED) is 0.914. The van der Waals surface area contributed by atoms with E-state index >= 15 is 0 Å². The first-order valence-corrected chi connectivity index (χ1v) is 7.70. The Morgan fingerprint density at radius 3 is 3.19 bits per heavy atom. The molecule has 0 radical (unpaired) electrons. The van der Waals surface area contributed by atoms with Crippen LogP contribution in [0.1, 0.15) is 26.2 Å². The molecule has 0 bridgehead atoms. The molecule has 1 fully saturated rings. The molecule has 1 N–H and O–H groups in total. The van der Waals surface area contributed by atoms with E-state index in [1.165, 1.54) is 0 Å². The van der Waals surface area contributed by atoms with Gasteiger partial charge >= 0.3 is 0 Å². The minimum Gasteiger partial charge on any atom is -0.376 e. The van der Waals surface area contributed by atoms with Crippen molar-refractivity contribution in [3.63, 3.8) is 0 Å². The number of hydrogen-bond acceptors (Lipinski definition) is 5. The Morgan fingerprint density at radius 1 is 1.48 bits per heavy atom. The standard InChI is InChI=1S/C15H23N5O/c1-3-9-21-12-5-4-7-19(10-12)15-14-17-6-8-20(14)11-13(16-2)18-15/h6,8,11-12,16H,3-5,7,9-10H2,1-2H3. The predicted molar refractivity (Wildman–Crippen MR) is 84.0 cm³/mol. The van der Waals surface area contributed by atoms with Crippen molar-refractivity contribution < 1.29 is 4.74 Å². The van der Waals surface area contributed by atoms with Gasteiger partial charge in [-0.3, -0.25) is 0 Å². The second-order valence-electron chi connectivity index (χ2n) is 5.44. The minimum absolute atomic E-state index is 0.300. The molecule has 1 saturated heterocycles. The van der Waals surface area contributed by atoms with Crippen molar-refractivity contribution >= 4 is 17.3 Å². The number of piperidine rings is 1. The van der Waals surface area contributed by atoms with Crippen LogP contribution in [0.15, 0.2) is 18.6 Å². The average Bonchev–Trinajstić information content (AvgIpc) is 3.00. The van der Waals surface area contributed by atoms with E-state index in [1.54, 1.807) is 0 Å². The van der Waals surface area contributed by atoms with E-state index in [4.69, 9.17) is 9.72 Å². The lowest BCUT2D eigenvalue weighted by atomic mass is 10.1. The van der Waals surface area contributed by atoms with Gasteiger partial charge in [0.05, 0.1) is 12.3 Å². The fourth-order valence-corrected chi connectivity index (χ4v) is 2.80. The van der Waals surface area contributed by atoms with E-state index in [1.807, 2.05) is 30.0 Å². The molecule has 0 spiro atoms. The summed E-state index contributed by atoms with van der Waals surface area (Å²) in [5, 5.41) is 3.12. The van der Waals surface area contributed by atoms with Crippen LogP contribution in [-0.2, 0) is 4.74 Å². The zero-order valence-corrected chi connectivity index (χ0v) is 12.7. The molecule has 0 amide bonds. The highest BCUT2D eigenvalue weighted by atomic mass is 16.5. The summed E-state index contributed by atoms with van der Waals surface area (Å²) in [5.74, 6) is 1.80. The molecule has 0 aliphatic carbocycles. The first-order chi connectivity index (χ1) is 10.3. The zero-order chi connectivity index (χ0) is 14.7.